The number of benzene rings is 2. The van der Waals surface area contributed by atoms with Crippen LogP contribution >= 0.6 is 11.8 Å². The number of tetrazole rings is 1. The van der Waals surface area contributed by atoms with Crippen LogP contribution in [0, 0.1) is 0 Å². The molecule has 138 valence electrons. The van der Waals surface area contributed by atoms with Crippen molar-refractivity contribution in [3.63, 3.8) is 0 Å². The quantitative estimate of drug-likeness (QED) is 0.494. The van der Waals surface area contributed by atoms with Crippen molar-refractivity contribution in [3.8, 4) is 11.4 Å². The molecule has 2 aromatic carbocycles. The van der Waals surface area contributed by atoms with Crippen molar-refractivity contribution < 1.29 is 14.3 Å². The number of hydrogen-bond acceptors (Lipinski definition) is 7. The van der Waals surface area contributed by atoms with Crippen LogP contribution in [0.5, 0.6) is 5.75 Å². The zero-order chi connectivity index (χ0) is 19.2. The van der Waals surface area contributed by atoms with Gasteiger partial charge in [-0.1, -0.05) is 17.8 Å². The Labute approximate surface area is 159 Å². The zero-order valence-electron chi connectivity index (χ0n) is 14.7. The Balaban J connectivity index is 1.71. The summed E-state index contributed by atoms with van der Waals surface area (Å²) in [6, 6.07) is 14.1. The Hall–Kier alpha value is -3.20. The second-order valence-electron chi connectivity index (χ2n) is 5.55. The van der Waals surface area contributed by atoms with Gasteiger partial charge in [-0.05, 0) is 52.9 Å². The molecule has 9 heteroatoms. The summed E-state index contributed by atoms with van der Waals surface area (Å²) in [6.07, 6.45) is 0. The first-order valence-corrected chi connectivity index (χ1v) is 9.02. The van der Waals surface area contributed by atoms with Gasteiger partial charge >= 0.3 is 0 Å². The number of ether oxygens (including phenoxy) is 1. The van der Waals surface area contributed by atoms with Gasteiger partial charge in [0.1, 0.15) is 5.75 Å². The lowest BCUT2D eigenvalue weighted by atomic mass is 10.1. The maximum Gasteiger partial charge on any atom is 0.221 e. The molecule has 1 N–H and O–H groups in total. The molecule has 1 amide bonds. The molecule has 0 radical (unpaired) electrons. The summed E-state index contributed by atoms with van der Waals surface area (Å²) in [5, 5.41) is 14.8. The summed E-state index contributed by atoms with van der Waals surface area (Å²) in [5.41, 5.74) is 1.92. The number of anilines is 1. The minimum absolute atomic E-state index is 0.0378. The van der Waals surface area contributed by atoms with Crippen molar-refractivity contribution in [1.29, 1.82) is 0 Å². The van der Waals surface area contributed by atoms with Crippen molar-refractivity contribution in [2.75, 3.05) is 18.2 Å². The summed E-state index contributed by atoms with van der Waals surface area (Å²) in [5.74, 6) is 0.688. The molecule has 0 saturated heterocycles. The molecule has 8 nitrogen and oxygen atoms in total. The lowest BCUT2D eigenvalue weighted by Gasteiger charge is -2.07. The molecule has 27 heavy (non-hydrogen) atoms. The van der Waals surface area contributed by atoms with E-state index in [0.717, 1.165) is 0 Å². The van der Waals surface area contributed by atoms with E-state index in [-0.39, 0.29) is 17.4 Å². The van der Waals surface area contributed by atoms with Crippen LogP contribution < -0.4 is 10.1 Å². The number of Topliss-reactive ketones (excluding diaryl/α,β-unsaturated/α-hetero) is 1. The fourth-order valence-corrected chi connectivity index (χ4v) is 3.13. The molecular weight excluding hydrogens is 366 g/mol. The van der Waals surface area contributed by atoms with Crippen molar-refractivity contribution >= 4 is 29.1 Å². The molecule has 0 saturated carbocycles. The zero-order valence-corrected chi connectivity index (χ0v) is 15.6. The highest BCUT2D eigenvalue weighted by atomic mass is 32.2. The van der Waals surface area contributed by atoms with Gasteiger partial charge in [-0.25, -0.2) is 0 Å². The topological polar surface area (TPSA) is 99.0 Å². The predicted octanol–water partition coefficient (Wildman–Crippen LogP) is 2.60. The number of nitrogens with zero attached hydrogens (tertiary/aromatic N) is 4. The highest BCUT2D eigenvalue weighted by molar-refractivity contribution is 7.99. The summed E-state index contributed by atoms with van der Waals surface area (Å²) in [6.45, 7) is 1.44. The lowest BCUT2D eigenvalue weighted by molar-refractivity contribution is -0.114. The smallest absolute Gasteiger partial charge is 0.221 e. The van der Waals surface area contributed by atoms with Crippen LogP contribution in [0.25, 0.3) is 5.69 Å². The Morgan fingerprint density at radius 3 is 2.67 bits per heavy atom. The first-order valence-electron chi connectivity index (χ1n) is 8.03. The summed E-state index contributed by atoms with van der Waals surface area (Å²) in [7, 11) is 1.58. The van der Waals surface area contributed by atoms with Gasteiger partial charge in [-0.2, -0.15) is 4.68 Å². The van der Waals surface area contributed by atoms with Gasteiger partial charge in [-0.3, -0.25) is 9.59 Å². The van der Waals surface area contributed by atoms with E-state index >= 15 is 0 Å². The number of amides is 1. The molecule has 3 aromatic rings. The highest BCUT2D eigenvalue weighted by Gasteiger charge is 2.13. The molecule has 0 fully saturated rings. The number of hydrogen-bond donors (Lipinski definition) is 1. The first-order chi connectivity index (χ1) is 13.1. The predicted molar refractivity (Wildman–Crippen MR) is 102 cm³/mol. The third-order valence-corrected chi connectivity index (χ3v) is 4.52. The summed E-state index contributed by atoms with van der Waals surface area (Å²) < 4.78 is 6.62. The van der Waals surface area contributed by atoms with E-state index in [9.17, 15) is 9.59 Å². The van der Waals surface area contributed by atoms with Gasteiger partial charge in [0.25, 0.3) is 0 Å². The SMILES string of the molecule is COc1ccc(C(=O)CSc2nnnn2-c2cccc(NC(C)=O)c2)cc1. The molecular formula is C18H17N5O3S. The Morgan fingerprint density at radius 1 is 1.19 bits per heavy atom. The van der Waals surface area contributed by atoms with Crippen LogP contribution in [0.1, 0.15) is 17.3 Å². The molecule has 1 aromatic heterocycles. The molecule has 0 bridgehead atoms. The maximum atomic E-state index is 12.4. The van der Waals surface area contributed by atoms with Crippen LogP contribution in [0.15, 0.2) is 53.7 Å². The summed E-state index contributed by atoms with van der Waals surface area (Å²) >= 11 is 1.24. The normalized spacial score (nSPS) is 10.4. The number of nitrogens with one attached hydrogen (secondary N) is 1. The number of ketones is 1. The van der Waals surface area contributed by atoms with Crippen LogP contribution in [0.3, 0.4) is 0 Å². The third-order valence-electron chi connectivity index (χ3n) is 3.60. The Morgan fingerprint density at radius 2 is 1.96 bits per heavy atom. The number of carbonyl (C=O) groups excluding carboxylic acids is 2. The number of thioether (sulfide) groups is 1. The lowest BCUT2D eigenvalue weighted by Crippen LogP contribution is -2.07. The Bertz CT molecular complexity index is 956. The van der Waals surface area contributed by atoms with E-state index in [4.69, 9.17) is 4.74 Å². The van der Waals surface area contributed by atoms with E-state index < -0.39 is 0 Å². The number of aromatic nitrogens is 4. The van der Waals surface area contributed by atoms with E-state index in [1.165, 1.54) is 23.4 Å². The van der Waals surface area contributed by atoms with Gasteiger partial charge < -0.3 is 10.1 Å². The summed E-state index contributed by atoms with van der Waals surface area (Å²) in [4.78, 5) is 23.6. The molecule has 0 atom stereocenters. The number of rotatable bonds is 7. The van der Waals surface area contributed by atoms with Gasteiger partial charge in [0, 0.05) is 18.2 Å². The number of methoxy groups -OCH3 is 1. The minimum Gasteiger partial charge on any atom is -0.497 e. The van der Waals surface area contributed by atoms with Crippen LogP contribution in [0.4, 0.5) is 5.69 Å². The molecule has 3 rings (SSSR count). The van der Waals surface area contributed by atoms with E-state index in [1.807, 2.05) is 6.07 Å². The van der Waals surface area contributed by atoms with Crippen LogP contribution in [0.2, 0.25) is 0 Å². The second kappa shape index (κ2) is 8.45. The average molecular weight is 383 g/mol. The van der Waals surface area contributed by atoms with Crippen molar-refractivity contribution in [3.05, 3.63) is 54.1 Å². The molecule has 1 heterocycles. The first kappa shape index (κ1) is 18.6. The van der Waals surface area contributed by atoms with E-state index in [0.29, 0.717) is 27.8 Å². The number of carbonyl (C=O) groups is 2. The fraction of sp³-hybridized carbons (Fsp3) is 0.167. The van der Waals surface area contributed by atoms with Gasteiger partial charge in [0.2, 0.25) is 11.1 Å². The highest BCUT2D eigenvalue weighted by Crippen LogP contribution is 2.22. The minimum atomic E-state index is -0.163. The van der Waals surface area contributed by atoms with Crippen molar-refractivity contribution in [2.24, 2.45) is 0 Å². The molecule has 0 unspecified atom stereocenters. The van der Waals surface area contributed by atoms with Gasteiger partial charge in [-0.15, -0.1) is 5.10 Å². The fourth-order valence-electron chi connectivity index (χ4n) is 2.34. The molecule has 0 spiro atoms. The molecule has 0 aliphatic carbocycles. The van der Waals surface area contributed by atoms with E-state index in [1.54, 1.807) is 49.6 Å². The largest absolute Gasteiger partial charge is 0.497 e. The van der Waals surface area contributed by atoms with Gasteiger partial charge in [0.15, 0.2) is 5.78 Å². The van der Waals surface area contributed by atoms with Gasteiger partial charge in [0.05, 0.1) is 18.6 Å². The van der Waals surface area contributed by atoms with E-state index in [2.05, 4.69) is 20.8 Å². The average Bonchev–Trinajstić information content (AvgIpc) is 3.14. The van der Waals surface area contributed by atoms with Crippen LogP contribution in [-0.4, -0.2) is 44.8 Å². The maximum absolute atomic E-state index is 12.4. The molecule has 0 aliphatic rings. The van der Waals surface area contributed by atoms with Crippen LogP contribution in [-0.2, 0) is 4.79 Å². The van der Waals surface area contributed by atoms with Crippen molar-refractivity contribution in [1.82, 2.24) is 20.2 Å². The molecule has 0 aliphatic heterocycles. The third kappa shape index (κ3) is 4.70. The van der Waals surface area contributed by atoms with Crippen molar-refractivity contribution in [2.45, 2.75) is 12.1 Å². The standard InChI is InChI=1S/C18H17N5O3S/c1-12(24)19-14-4-3-5-15(10-14)23-18(20-21-22-23)27-11-17(25)13-6-8-16(26-2)9-7-13/h3-10H,11H2,1-2H3,(H,19,24). The second-order valence-corrected chi connectivity index (χ2v) is 6.49. The Kier molecular flexibility index (Phi) is 5.82. The monoisotopic (exact) mass is 383 g/mol.